The summed E-state index contributed by atoms with van der Waals surface area (Å²) in [5, 5.41) is 19.1. The summed E-state index contributed by atoms with van der Waals surface area (Å²) in [6, 6.07) is 17.3. The van der Waals surface area contributed by atoms with Crippen LogP contribution in [0.4, 0.5) is 0 Å². The Morgan fingerprint density at radius 1 is 1.05 bits per heavy atom. The van der Waals surface area contributed by atoms with Crippen molar-refractivity contribution in [3.63, 3.8) is 0 Å². The number of esters is 1. The average Bonchev–Trinajstić information content (AvgIpc) is 3.44. The minimum Gasteiger partial charge on any atom is -0.466 e. The molecular weight excluding hydrogens is 510 g/mol. The van der Waals surface area contributed by atoms with Gasteiger partial charge in [-0.1, -0.05) is 36.4 Å². The maximum Gasteiger partial charge on any atom is 0.308 e. The molecule has 3 heterocycles. The van der Waals surface area contributed by atoms with E-state index in [1.807, 2.05) is 60.9 Å². The fraction of sp³-hybridized carbons (Fsp3) is 0.300. The lowest BCUT2D eigenvalue weighted by Crippen LogP contribution is -2.13. The molecule has 0 radical (unpaired) electrons. The Balaban J connectivity index is 1.66. The third kappa shape index (κ3) is 5.13. The standard InChI is InChI=1S/C30H29N5O3S/c1-5-37-17-25-18(3)27-28(22-12-10-21(11-13-22)23-9-7-8-20(14-23)16-31)32-24(15-26(36)38-6-2)29-34-33-19(4)35(29)30(27)39-25/h7-14,24H,5-6,15,17H2,1-4H3/t24-/m0/s1. The zero-order valence-corrected chi connectivity index (χ0v) is 23.2. The number of carbonyl (C=O) groups is 1. The Labute approximate surface area is 231 Å². The highest BCUT2D eigenvalue weighted by atomic mass is 32.1. The molecule has 1 aliphatic heterocycles. The van der Waals surface area contributed by atoms with Crippen LogP contribution in [0.25, 0.3) is 16.1 Å². The summed E-state index contributed by atoms with van der Waals surface area (Å²) in [7, 11) is 0. The van der Waals surface area contributed by atoms with Gasteiger partial charge in [-0.15, -0.1) is 21.5 Å². The maximum absolute atomic E-state index is 12.6. The third-order valence-electron chi connectivity index (χ3n) is 6.69. The topological polar surface area (TPSA) is 102 Å². The first-order chi connectivity index (χ1) is 18.9. The second-order valence-electron chi connectivity index (χ2n) is 9.18. The van der Waals surface area contributed by atoms with Crippen LogP contribution in [0, 0.1) is 25.2 Å². The molecule has 0 bridgehead atoms. The molecule has 0 N–H and O–H groups in total. The number of ether oxygens (including phenoxy) is 2. The van der Waals surface area contributed by atoms with Crippen LogP contribution in [0.2, 0.25) is 0 Å². The zero-order valence-electron chi connectivity index (χ0n) is 22.4. The number of hydrogen-bond donors (Lipinski definition) is 0. The highest BCUT2D eigenvalue weighted by molar-refractivity contribution is 7.15. The Kier molecular flexibility index (Phi) is 7.68. The number of aryl methyl sites for hydroxylation is 1. The number of aromatic nitrogens is 3. The molecule has 1 aliphatic rings. The molecule has 39 heavy (non-hydrogen) atoms. The minimum atomic E-state index is -0.554. The summed E-state index contributed by atoms with van der Waals surface area (Å²) in [4.78, 5) is 18.9. The number of thiophene rings is 1. The van der Waals surface area contributed by atoms with Gasteiger partial charge in [0.15, 0.2) is 5.82 Å². The fourth-order valence-corrected chi connectivity index (χ4v) is 6.06. The molecule has 2 aromatic carbocycles. The van der Waals surface area contributed by atoms with E-state index in [-0.39, 0.29) is 12.4 Å². The van der Waals surface area contributed by atoms with E-state index in [0.29, 0.717) is 31.2 Å². The largest absolute Gasteiger partial charge is 0.466 e. The van der Waals surface area contributed by atoms with Crippen molar-refractivity contribution in [1.29, 1.82) is 5.26 Å². The molecule has 0 spiro atoms. The number of nitrogens with zero attached hydrogens (tertiary/aromatic N) is 5. The molecule has 0 saturated carbocycles. The molecule has 2 aromatic heterocycles. The third-order valence-corrected chi connectivity index (χ3v) is 7.94. The molecule has 4 aromatic rings. The van der Waals surface area contributed by atoms with Gasteiger partial charge < -0.3 is 9.47 Å². The lowest BCUT2D eigenvalue weighted by Gasteiger charge is -2.13. The van der Waals surface area contributed by atoms with Crippen molar-refractivity contribution in [3.05, 3.63) is 87.3 Å². The van der Waals surface area contributed by atoms with Crippen molar-refractivity contribution in [2.75, 3.05) is 13.2 Å². The van der Waals surface area contributed by atoms with Gasteiger partial charge in [0.05, 0.1) is 37.0 Å². The summed E-state index contributed by atoms with van der Waals surface area (Å²) < 4.78 is 13.1. The predicted octanol–water partition coefficient (Wildman–Crippen LogP) is 5.87. The molecule has 0 saturated heterocycles. The smallest absolute Gasteiger partial charge is 0.308 e. The van der Waals surface area contributed by atoms with Crippen LogP contribution in [0.15, 0.2) is 53.5 Å². The van der Waals surface area contributed by atoms with Gasteiger partial charge in [-0.05, 0) is 56.5 Å². The molecule has 0 aliphatic carbocycles. The second-order valence-corrected chi connectivity index (χ2v) is 10.3. The number of fused-ring (bicyclic) bond motifs is 3. The Morgan fingerprint density at radius 2 is 1.82 bits per heavy atom. The summed E-state index contributed by atoms with van der Waals surface area (Å²) in [5.74, 6) is 1.02. The van der Waals surface area contributed by atoms with Gasteiger partial charge in [-0.2, -0.15) is 5.26 Å². The van der Waals surface area contributed by atoms with Gasteiger partial charge in [0.25, 0.3) is 0 Å². The molecule has 9 heteroatoms. The summed E-state index contributed by atoms with van der Waals surface area (Å²) in [5.41, 5.74) is 6.37. The molecule has 5 rings (SSSR count). The molecule has 0 amide bonds. The van der Waals surface area contributed by atoms with Crippen LogP contribution in [0.3, 0.4) is 0 Å². The van der Waals surface area contributed by atoms with E-state index in [1.165, 1.54) is 0 Å². The van der Waals surface area contributed by atoms with Crippen LogP contribution in [-0.4, -0.2) is 39.7 Å². The van der Waals surface area contributed by atoms with E-state index >= 15 is 0 Å². The van der Waals surface area contributed by atoms with E-state index in [9.17, 15) is 10.1 Å². The van der Waals surface area contributed by atoms with Crippen LogP contribution >= 0.6 is 11.3 Å². The second kappa shape index (κ2) is 11.3. The van der Waals surface area contributed by atoms with Gasteiger partial charge >= 0.3 is 5.97 Å². The predicted molar refractivity (Wildman–Crippen MR) is 150 cm³/mol. The normalized spacial score (nSPS) is 14.1. The van der Waals surface area contributed by atoms with Crippen LogP contribution < -0.4 is 0 Å². The lowest BCUT2D eigenvalue weighted by molar-refractivity contribution is -0.143. The van der Waals surface area contributed by atoms with Crippen molar-refractivity contribution in [1.82, 2.24) is 14.8 Å². The van der Waals surface area contributed by atoms with Crippen LogP contribution in [0.5, 0.6) is 0 Å². The molecule has 0 fully saturated rings. The van der Waals surface area contributed by atoms with Crippen molar-refractivity contribution >= 4 is 23.0 Å². The van der Waals surface area contributed by atoms with Gasteiger partial charge in [0.2, 0.25) is 0 Å². The minimum absolute atomic E-state index is 0.0638. The van der Waals surface area contributed by atoms with Crippen molar-refractivity contribution in [2.45, 2.75) is 46.8 Å². The van der Waals surface area contributed by atoms with Crippen LogP contribution in [-0.2, 0) is 20.9 Å². The number of benzene rings is 2. The molecule has 8 nitrogen and oxygen atoms in total. The Hall–Kier alpha value is -4.13. The molecular formula is C30H29N5O3S. The number of aliphatic imine (C=N–C) groups is 1. The first-order valence-electron chi connectivity index (χ1n) is 12.9. The highest BCUT2D eigenvalue weighted by Crippen LogP contribution is 2.40. The van der Waals surface area contributed by atoms with Crippen molar-refractivity contribution < 1.29 is 14.3 Å². The fourth-order valence-electron chi connectivity index (χ4n) is 4.76. The quantitative estimate of drug-likeness (QED) is 0.260. The monoisotopic (exact) mass is 539 g/mol. The van der Waals surface area contributed by atoms with Crippen molar-refractivity contribution in [3.8, 4) is 22.2 Å². The number of hydrogen-bond acceptors (Lipinski definition) is 8. The zero-order chi connectivity index (χ0) is 27.5. The molecule has 0 unspecified atom stereocenters. The van der Waals surface area contributed by atoms with E-state index in [2.05, 4.69) is 23.2 Å². The lowest BCUT2D eigenvalue weighted by atomic mass is 9.96. The van der Waals surface area contributed by atoms with Gasteiger partial charge in [0.1, 0.15) is 16.9 Å². The average molecular weight is 540 g/mol. The maximum atomic E-state index is 12.6. The first kappa shape index (κ1) is 26.5. The summed E-state index contributed by atoms with van der Waals surface area (Å²) >= 11 is 1.64. The Bertz CT molecular complexity index is 1590. The van der Waals surface area contributed by atoms with Gasteiger partial charge in [0, 0.05) is 22.6 Å². The summed E-state index contributed by atoms with van der Waals surface area (Å²) in [6.07, 6.45) is 0.0638. The van der Waals surface area contributed by atoms with Crippen LogP contribution in [0.1, 0.15) is 65.1 Å². The number of rotatable bonds is 8. The summed E-state index contributed by atoms with van der Waals surface area (Å²) in [6.45, 7) is 9.20. The highest BCUT2D eigenvalue weighted by Gasteiger charge is 2.33. The van der Waals surface area contributed by atoms with Gasteiger partial charge in [-0.25, -0.2) is 0 Å². The Morgan fingerprint density at radius 3 is 2.54 bits per heavy atom. The van der Waals surface area contributed by atoms with Crippen molar-refractivity contribution in [2.24, 2.45) is 4.99 Å². The van der Waals surface area contributed by atoms with E-state index in [1.54, 1.807) is 24.3 Å². The molecule has 198 valence electrons. The van der Waals surface area contributed by atoms with E-state index in [4.69, 9.17) is 14.5 Å². The van der Waals surface area contributed by atoms with E-state index in [0.717, 1.165) is 49.2 Å². The first-order valence-corrected chi connectivity index (χ1v) is 13.7. The number of nitriles is 1. The van der Waals surface area contributed by atoms with Gasteiger partial charge in [-0.3, -0.25) is 14.4 Å². The van der Waals surface area contributed by atoms with E-state index < -0.39 is 6.04 Å². The number of carbonyl (C=O) groups excluding carboxylic acids is 1. The molecule has 1 atom stereocenters. The SMILES string of the molecule is CCOCc1sc2c(c1C)C(c1ccc(-c3cccc(C#N)c3)cc1)=N[C@@H](CC(=O)OCC)c1nnc(C)n1-2.